The Kier molecular flexibility index (Phi) is 4.73. The summed E-state index contributed by atoms with van der Waals surface area (Å²) in [6.45, 7) is 7.73. The number of nitrogens with one attached hydrogen (secondary N) is 1. The van der Waals surface area contributed by atoms with Crippen LogP contribution in [0.15, 0.2) is 18.3 Å². The van der Waals surface area contributed by atoms with E-state index >= 15 is 0 Å². The molecule has 7 heteroatoms. The molecule has 1 unspecified atom stereocenters. The van der Waals surface area contributed by atoms with Gasteiger partial charge in [-0.2, -0.15) is 0 Å². The van der Waals surface area contributed by atoms with Gasteiger partial charge in [0.05, 0.1) is 12.0 Å². The van der Waals surface area contributed by atoms with Crippen molar-refractivity contribution >= 4 is 17.7 Å². The average molecular weight is 358 g/mol. The van der Waals surface area contributed by atoms with Crippen LogP contribution in [0, 0.1) is 5.92 Å². The molecule has 0 radical (unpaired) electrons. The maximum atomic E-state index is 12.5. The molecule has 26 heavy (non-hydrogen) atoms. The minimum atomic E-state index is -0.288. The van der Waals surface area contributed by atoms with Gasteiger partial charge in [-0.25, -0.2) is 0 Å². The second-order valence-electron chi connectivity index (χ2n) is 8.11. The number of pyridine rings is 1. The Morgan fingerprint density at radius 3 is 2.42 bits per heavy atom. The average Bonchev–Trinajstić information content (AvgIpc) is 2.93. The van der Waals surface area contributed by atoms with E-state index in [1.165, 1.54) is 0 Å². The van der Waals surface area contributed by atoms with E-state index in [0.29, 0.717) is 25.3 Å². The predicted octanol–water partition coefficient (Wildman–Crippen LogP) is 0.798. The van der Waals surface area contributed by atoms with Gasteiger partial charge in [-0.15, -0.1) is 0 Å². The fourth-order valence-corrected chi connectivity index (χ4v) is 3.41. The van der Waals surface area contributed by atoms with Crippen LogP contribution in [-0.2, 0) is 15.0 Å². The highest BCUT2D eigenvalue weighted by Gasteiger charge is 2.43. The molecule has 7 nitrogen and oxygen atoms in total. The van der Waals surface area contributed by atoms with Crippen molar-refractivity contribution in [1.82, 2.24) is 20.1 Å². The summed E-state index contributed by atoms with van der Waals surface area (Å²) in [6, 6.07) is 3.70. The van der Waals surface area contributed by atoms with E-state index in [-0.39, 0.29) is 41.5 Å². The monoisotopic (exact) mass is 358 g/mol. The van der Waals surface area contributed by atoms with Crippen LogP contribution in [0.5, 0.6) is 0 Å². The maximum Gasteiger partial charge on any atom is 0.272 e. The van der Waals surface area contributed by atoms with Gasteiger partial charge in [-0.3, -0.25) is 19.4 Å². The highest BCUT2D eigenvalue weighted by atomic mass is 16.2. The Labute approximate surface area is 153 Å². The van der Waals surface area contributed by atoms with Crippen molar-refractivity contribution in [3.05, 3.63) is 29.6 Å². The minimum absolute atomic E-state index is 0.00467. The summed E-state index contributed by atoms with van der Waals surface area (Å²) in [5, 5.41) is 2.60. The van der Waals surface area contributed by atoms with Gasteiger partial charge in [0.2, 0.25) is 11.8 Å². The predicted molar refractivity (Wildman–Crippen MR) is 96.5 cm³/mol. The van der Waals surface area contributed by atoms with Crippen LogP contribution in [0.25, 0.3) is 0 Å². The Morgan fingerprint density at radius 1 is 1.19 bits per heavy atom. The summed E-state index contributed by atoms with van der Waals surface area (Å²) in [5.74, 6) is -0.514. The van der Waals surface area contributed by atoms with E-state index in [9.17, 15) is 14.4 Å². The lowest BCUT2D eigenvalue weighted by atomic mass is 9.88. The molecule has 1 N–H and O–H groups in total. The number of aromatic nitrogens is 1. The lowest BCUT2D eigenvalue weighted by molar-refractivity contribution is -0.132. The standard InChI is InChI=1S/C19H26N4O3/c1-19(2,3)13-5-6-15(21-8-13)18(26)22-10-14(11-22)23-9-12(7-16(23)24)17(25)20-4/h5-6,8,12,14H,7,9-11H2,1-4H3,(H,20,25). The third kappa shape index (κ3) is 3.43. The SMILES string of the molecule is CNC(=O)C1CC(=O)N(C2CN(C(=O)c3ccc(C(C)(C)C)cn3)C2)C1. The molecule has 0 aliphatic carbocycles. The molecule has 2 fully saturated rings. The summed E-state index contributed by atoms with van der Waals surface area (Å²) in [5.41, 5.74) is 1.50. The largest absolute Gasteiger partial charge is 0.359 e. The zero-order chi connectivity index (χ0) is 19.1. The van der Waals surface area contributed by atoms with Crippen molar-refractivity contribution in [3.63, 3.8) is 0 Å². The molecule has 2 aliphatic heterocycles. The van der Waals surface area contributed by atoms with E-state index < -0.39 is 0 Å². The number of carbonyl (C=O) groups is 3. The minimum Gasteiger partial charge on any atom is -0.359 e. The lowest BCUT2D eigenvalue weighted by Gasteiger charge is -2.43. The quantitative estimate of drug-likeness (QED) is 0.866. The Hall–Kier alpha value is -2.44. The van der Waals surface area contributed by atoms with Crippen LogP contribution in [0.2, 0.25) is 0 Å². The molecule has 0 aromatic carbocycles. The molecular weight excluding hydrogens is 332 g/mol. The molecule has 140 valence electrons. The van der Waals surface area contributed by atoms with Crippen molar-refractivity contribution in [3.8, 4) is 0 Å². The van der Waals surface area contributed by atoms with Crippen molar-refractivity contribution in [2.75, 3.05) is 26.7 Å². The summed E-state index contributed by atoms with van der Waals surface area (Å²) in [6.07, 6.45) is 2.00. The fraction of sp³-hybridized carbons (Fsp3) is 0.579. The van der Waals surface area contributed by atoms with Crippen LogP contribution < -0.4 is 5.32 Å². The van der Waals surface area contributed by atoms with E-state index in [4.69, 9.17) is 0 Å². The second kappa shape index (κ2) is 6.70. The van der Waals surface area contributed by atoms with Gasteiger partial charge < -0.3 is 15.1 Å². The third-order valence-electron chi connectivity index (χ3n) is 5.21. The molecule has 1 aromatic rings. The Morgan fingerprint density at radius 2 is 1.88 bits per heavy atom. The van der Waals surface area contributed by atoms with Gasteiger partial charge in [0.15, 0.2) is 0 Å². The highest BCUT2D eigenvalue weighted by molar-refractivity contribution is 5.93. The number of nitrogens with zero attached hydrogens (tertiary/aromatic N) is 3. The van der Waals surface area contributed by atoms with Gasteiger partial charge >= 0.3 is 0 Å². The van der Waals surface area contributed by atoms with Crippen molar-refractivity contribution < 1.29 is 14.4 Å². The first-order chi connectivity index (χ1) is 12.2. The third-order valence-corrected chi connectivity index (χ3v) is 5.21. The first-order valence-corrected chi connectivity index (χ1v) is 8.97. The number of amides is 3. The number of hydrogen-bond donors (Lipinski definition) is 1. The summed E-state index contributed by atoms with van der Waals surface area (Å²) < 4.78 is 0. The van der Waals surface area contributed by atoms with Crippen LogP contribution in [0.4, 0.5) is 0 Å². The molecule has 3 heterocycles. The van der Waals surface area contributed by atoms with E-state index in [0.717, 1.165) is 5.56 Å². The molecule has 0 spiro atoms. The molecule has 1 atom stereocenters. The van der Waals surface area contributed by atoms with Gasteiger partial charge in [0.1, 0.15) is 5.69 Å². The van der Waals surface area contributed by atoms with Crippen molar-refractivity contribution in [1.29, 1.82) is 0 Å². The van der Waals surface area contributed by atoms with Gasteiger partial charge in [-0.05, 0) is 17.0 Å². The molecule has 0 bridgehead atoms. The second-order valence-corrected chi connectivity index (χ2v) is 8.11. The smallest absolute Gasteiger partial charge is 0.272 e. The Balaban J connectivity index is 1.57. The molecule has 3 rings (SSSR count). The molecule has 0 saturated carbocycles. The van der Waals surface area contributed by atoms with Crippen LogP contribution >= 0.6 is 0 Å². The maximum absolute atomic E-state index is 12.5. The molecule has 2 aliphatic rings. The molecular formula is C19H26N4O3. The highest BCUT2D eigenvalue weighted by Crippen LogP contribution is 2.26. The van der Waals surface area contributed by atoms with Gasteiger partial charge in [0.25, 0.3) is 5.91 Å². The topological polar surface area (TPSA) is 82.6 Å². The molecule has 3 amide bonds. The Bertz CT molecular complexity index is 717. The first kappa shape index (κ1) is 18.4. The fourth-order valence-electron chi connectivity index (χ4n) is 3.41. The number of likely N-dealkylation sites (tertiary alicyclic amines) is 2. The van der Waals surface area contributed by atoms with Gasteiger partial charge in [0, 0.05) is 39.3 Å². The molecule has 1 aromatic heterocycles. The van der Waals surface area contributed by atoms with E-state index in [2.05, 4.69) is 31.1 Å². The zero-order valence-corrected chi connectivity index (χ0v) is 15.8. The first-order valence-electron chi connectivity index (χ1n) is 8.97. The summed E-state index contributed by atoms with van der Waals surface area (Å²) >= 11 is 0. The van der Waals surface area contributed by atoms with Crippen LogP contribution in [-0.4, -0.2) is 65.2 Å². The number of rotatable bonds is 3. The van der Waals surface area contributed by atoms with E-state index in [1.807, 2.05) is 6.07 Å². The number of carbonyl (C=O) groups excluding carboxylic acids is 3. The number of hydrogen-bond acceptors (Lipinski definition) is 4. The zero-order valence-electron chi connectivity index (χ0n) is 15.8. The van der Waals surface area contributed by atoms with Crippen molar-refractivity contribution in [2.45, 2.75) is 38.6 Å². The van der Waals surface area contributed by atoms with Gasteiger partial charge in [-0.1, -0.05) is 26.8 Å². The normalized spacial score (nSPS) is 20.9. The lowest BCUT2D eigenvalue weighted by Crippen LogP contribution is -2.61. The van der Waals surface area contributed by atoms with Crippen LogP contribution in [0.3, 0.4) is 0 Å². The van der Waals surface area contributed by atoms with Crippen LogP contribution in [0.1, 0.15) is 43.2 Å². The summed E-state index contributed by atoms with van der Waals surface area (Å²) in [7, 11) is 1.58. The molecule has 2 saturated heterocycles. The van der Waals surface area contributed by atoms with Crippen molar-refractivity contribution in [2.24, 2.45) is 5.92 Å². The van der Waals surface area contributed by atoms with E-state index in [1.54, 1.807) is 29.1 Å². The summed E-state index contributed by atoms with van der Waals surface area (Å²) in [4.78, 5) is 44.2.